The summed E-state index contributed by atoms with van der Waals surface area (Å²) in [4.78, 5) is 5.80. The van der Waals surface area contributed by atoms with E-state index in [1.165, 1.54) is 17.8 Å². The van der Waals surface area contributed by atoms with Crippen LogP contribution in [0.1, 0.15) is 16.7 Å². The smallest absolute Gasteiger partial charge is 0.238 e. The average molecular weight is 410 g/mol. The summed E-state index contributed by atoms with van der Waals surface area (Å²) in [6, 6.07) is 3.24. The Morgan fingerprint density at radius 1 is 1.41 bits per heavy atom. The Hall–Kier alpha value is -0.610. The summed E-state index contributed by atoms with van der Waals surface area (Å²) >= 11 is 1.42. The molecule has 0 radical (unpaired) electrons. The maximum absolute atomic E-state index is 11.7. The number of primary sulfonamides is 1. The highest BCUT2D eigenvalue weighted by Gasteiger charge is 2.43. The molecule has 1 aliphatic rings. The van der Waals surface area contributed by atoms with Crippen molar-refractivity contribution in [3.63, 3.8) is 0 Å². The Labute approximate surface area is 145 Å². The van der Waals surface area contributed by atoms with Gasteiger partial charge in [-0.3, -0.25) is 4.99 Å². The Morgan fingerprint density at radius 2 is 2.00 bits per heavy atom. The molecule has 1 atom stereocenters. The molecule has 1 aromatic rings. The Morgan fingerprint density at radius 3 is 2.45 bits per heavy atom. The number of sulfonamides is 1. The zero-order valence-corrected chi connectivity index (χ0v) is 16.2. The van der Waals surface area contributed by atoms with E-state index >= 15 is 0 Å². The van der Waals surface area contributed by atoms with Gasteiger partial charge in [0, 0.05) is 19.7 Å². The number of benzene rings is 1. The Bertz CT molecular complexity index is 721. The molecule has 22 heavy (non-hydrogen) atoms. The summed E-state index contributed by atoms with van der Waals surface area (Å²) in [6.07, 6.45) is 0. The largest absolute Gasteiger partial charge is 0.366 e. The number of nitrogens with zero attached hydrogens (tertiary/aromatic N) is 2. The van der Waals surface area contributed by atoms with Crippen LogP contribution in [-0.2, 0) is 15.7 Å². The number of nitrogens with two attached hydrogens (primary N) is 1. The van der Waals surface area contributed by atoms with Gasteiger partial charge in [0.25, 0.3) is 0 Å². The fourth-order valence-corrected chi connectivity index (χ4v) is 4.41. The van der Waals surface area contributed by atoms with Crippen molar-refractivity contribution in [3.05, 3.63) is 28.8 Å². The minimum absolute atomic E-state index is 0. The molecule has 0 saturated carbocycles. The molecule has 9 heteroatoms. The van der Waals surface area contributed by atoms with Crippen LogP contribution in [0.4, 0.5) is 0 Å². The number of rotatable bonds is 2. The van der Waals surface area contributed by atoms with Gasteiger partial charge in [0.05, 0.1) is 10.6 Å². The highest BCUT2D eigenvalue weighted by atomic mass is 79.9. The molecule has 0 aromatic heterocycles. The maximum Gasteiger partial charge on any atom is 0.238 e. The molecule has 6 nitrogen and oxygen atoms in total. The predicted octanol–water partition coefficient (Wildman–Crippen LogP) is 1.34. The van der Waals surface area contributed by atoms with Crippen molar-refractivity contribution in [1.82, 2.24) is 4.90 Å². The number of aliphatic imine (C=N–C) groups is 1. The first-order valence-corrected chi connectivity index (χ1v) is 8.84. The first-order valence-electron chi connectivity index (χ1n) is 6.31. The number of hydrogen-bond donors (Lipinski definition) is 2. The Kier molecular flexibility index (Phi) is 5.73. The molecular formula is C13H20BrN3O3S2. The van der Waals surface area contributed by atoms with Crippen molar-refractivity contribution < 1.29 is 13.5 Å². The fourth-order valence-electron chi connectivity index (χ4n) is 2.36. The number of thioether (sulfide) groups is 1. The summed E-state index contributed by atoms with van der Waals surface area (Å²) in [6.45, 7) is 3.50. The quantitative estimate of drug-likeness (QED) is 0.767. The summed E-state index contributed by atoms with van der Waals surface area (Å²) in [5.41, 5.74) is 0.577. The van der Waals surface area contributed by atoms with Crippen molar-refractivity contribution in [2.24, 2.45) is 10.1 Å². The number of halogens is 1. The van der Waals surface area contributed by atoms with Gasteiger partial charge in [-0.25, -0.2) is 13.6 Å². The van der Waals surface area contributed by atoms with Gasteiger partial charge in [-0.2, -0.15) is 0 Å². The van der Waals surface area contributed by atoms with Crippen LogP contribution in [0.15, 0.2) is 22.0 Å². The van der Waals surface area contributed by atoms with Crippen LogP contribution in [-0.4, -0.2) is 43.4 Å². The SMILES string of the molecule is Br.CN=C1SCC(O)(c2cc(C)c(C)c(S(N)(=O)=O)c2)N1C. The van der Waals surface area contributed by atoms with E-state index < -0.39 is 15.7 Å². The van der Waals surface area contributed by atoms with Crippen LogP contribution in [0.25, 0.3) is 0 Å². The van der Waals surface area contributed by atoms with E-state index in [1.807, 2.05) is 0 Å². The van der Waals surface area contributed by atoms with E-state index in [1.54, 1.807) is 38.9 Å². The minimum Gasteiger partial charge on any atom is -0.366 e. The van der Waals surface area contributed by atoms with Crippen LogP contribution in [0, 0.1) is 13.8 Å². The molecule has 1 saturated heterocycles. The number of amidine groups is 1. The Balaban J connectivity index is 0.00000242. The molecule has 1 heterocycles. The van der Waals surface area contributed by atoms with E-state index in [-0.39, 0.29) is 21.9 Å². The average Bonchev–Trinajstić information content (AvgIpc) is 2.68. The van der Waals surface area contributed by atoms with Crippen LogP contribution in [0.2, 0.25) is 0 Å². The number of aryl methyl sites for hydroxylation is 1. The van der Waals surface area contributed by atoms with E-state index in [2.05, 4.69) is 4.99 Å². The molecule has 124 valence electrons. The van der Waals surface area contributed by atoms with Crippen LogP contribution in [0.5, 0.6) is 0 Å². The second-order valence-corrected chi connectivity index (χ2v) is 7.60. The maximum atomic E-state index is 11.7. The molecule has 1 aliphatic heterocycles. The second-order valence-electron chi connectivity index (χ2n) is 5.13. The van der Waals surface area contributed by atoms with Gasteiger partial charge in [0.1, 0.15) is 0 Å². The van der Waals surface area contributed by atoms with Gasteiger partial charge in [-0.05, 0) is 31.0 Å². The summed E-state index contributed by atoms with van der Waals surface area (Å²) < 4.78 is 23.5. The van der Waals surface area contributed by atoms with E-state index in [0.29, 0.717) is 22.0 Å². The van der Waals surface area contributed by atoms with Crippen molar-refractivity contribution in [3.8, 4) is 0 Å². The zero-order valence-electron chi connectivity index (χ0n) is 12.8. The normalized spacial score (nSPS) is 23.7. The van der Waals surface area contributed by atoms with Crippen molar-refractivity contribution in [1.29, 1.82) is 0 Å². The molecule has 1 aromatic carbocycles. The molecular weight excluding hydrogens is 390 g/mol. The fraction of sp³-hybridized carbons (Fsp3) is 0.462. The van der Waals surface area contributed by atoms with Gasteiger partial charge >= 0.3 is 0 Å². The third-order valence-electron chi connectivity index (χ3n) is 3.82. The summed E-state index contributed by atoms with van der Waals surface area (Å²) in [7, 11) is -0.454. The predicted molar refractivity (Wildman–Crippen MR) is 95.1 cm³/mol. The van der Waals surface area contributed by atoms with E-state index in [9.17, 15) is 13.5 Å². The highest BCUT2D eigenvalue weighted by Crippen LogP contribution is 2.39. The van der Waals surface area contributed by atoms with Crippen molar-refractivity contribution in [2.75, 3.05) is 19.8 Å². The molecule has 0 amide bonds. The van der Waals surface area contributed by atoms with Crippen molar-refractivity contribution in [2.45, 2.75) is 24.5 Å². The lowest BCUT2D eigenvalue weighted by atomic mass is 9.98. The second kappa shape index (κ2) is 6.48. The lowest BCUT2D eigenvalue weighted by Gasteiger charge is -2.32. The van der Waals surface area contributed by atoms with Gasteiger partial charge in [0.2, 0.25) is 10.0 Å². The summed E-state index contributed by atoms with van der Waals surface area (Å²) in [5.74, 6) is 0.378. The molecule has 1 fully saturated rings. The van der Waals surface area contributed by atoms with Crippen LogP contribution in [0.3, 0.4) is 0 Å². The standard InChI is InChI=1S/C13H19N3O3S2.BrH/c1-8-5-10(6-11(9(8)2)21(14,18)19)13(17)7-20-12(15-3)16(13)4;/h5-6,17H,7H2,1-4H3,(H2,14,18,19);1H. The van der Waals surface area contributed by atoms with Gasteiger partial charge < -0.3 is 10.0 Å². The molecule has 0 aliphatic carbocycles. The monoisotopic (exact) mass is 409 g/mol. The van der Waals surface area contributed by atoms with Crippen LogP contribution < -0.4 is 5.14 Å². The number of hydrogen-bond acceptors (Lipinski definition) is 5. The highest BCUT2D eigenvalue weighted by molar-refractivity contribution is 8.93. The summed E-state index contributed by atoms with van der Waals surface area (Å²) in [5, 5.41) is 16.9. The lowest BCUT2D eigenvalue weighted by Crippen LogP contribution is -2.42. The minimum atomic E-state index is -3.84. The third-order valence-corrected chi connectivity index (χ3v) is 6.12. The molecule has 2 rings (SSSR count). The van der Waals surface area contributed by atoms with E-state index in [0.717, 1.165) is 5.56 Å². The number of aliphatic hydroxyl groups is 1. The molecule has 0 bridgehead atoms. The molecule has 1 unspecified atom stereocenters. The first-order chi connectivity index (χ1) is 9.61. The van der Waals surface area contributed by atoms with Crippen molar-refractivity contribution >= 4 is 43.9 Å². The topological polar surface area (TPSA) is 96.0 Å². The van der Waals surface area contributed by atoms with E-state index in [4.69, 9.17) is 5.14 Å². The first kappa shape index (κ1) is 19.4. The van der Waals surface area contributed by atoms with Gasteiger partial charge in [-0.1, -0.05) is 17.8 Å². The van der Waals surface area contributed by atoms with Gasteiger partial charge in [0.15, 0.2) is 10.9 Å². The van der Waals surface area contributed by atoms with Gasteiger partial charge in [-0.15, -0.1) is 17.0 Å². The van der Waals surface area contributed by atoms with Crippen LogP contribution >= 0.6 is 28.7 Å². The molecule has 3 N–H and O–H groups in total. The zero-order chi connectivity index (χ0) is 16.0. The third kappa shape index (κ3) is 3.18. The molecule has 0 spiro atoms. The lowest BCUT2D eigenvalue weighted by molar-refractivity contribution is -0.0350.